The van der Waals surface area contributed by atoms with Crippen molar-refractivity contribution >= 4 is 33.4 Å². The number of benzene rings is 1. The van der Waals surface area contributed by atoms with Crippen molar-refractivity contribution in [3.8, 4) is 0 Å². The Morgan fingerprint density at radius 3 is 3.10 bits per heavy atom. The Morgan fingerprint density at radius 2 is 2.35 bits per heavy atom. The molecule has 1 saturated heterocycles. The molecule has 0 spiro atoms. The van der Waals surface area contributed by atoms with Gasteiger partial charge in [-0.05, 0) is 56.5 Å². The van der Waals surface area contributed by atoms with E-state index in [4.69, 9.17) is 11.6 Å². The predicted octanol–water partition coefficient (Wildman–Crippen LogP) is 3.15. The van der Waals surface area contributed by atoms with Gasteiger partial charge in [-0.2, -0.15) is 0 Å². The molecule has 1 aliphatic heterocycles. The second-order valence-electron chi connectivity index (χ2n) is 5.35. The minimum atomic E-state index is 0.147. The molecule has 1 heterocycles. The summed E-state index contributed by atoms with van der Waals surface area (Å²) in [6.45, 7) is 3.71. The van der Waals surface area contributed by atoms with E-state index in [-0.39, 0.29) is 11.8 Å². The quantitative estimate of drug-likeness (QED) is 0.867. The Balaban J connectivity index is 1.80. The van der Waals surface area contributed by atoms with E-state index >= 15 is 0 Å². The second-order valence-corrected chi connectivity index (χ2v) is 6.64. The van der Waals surface area contributed by atoms with Crippen molar-refractivity contribution in [3.05, 3.63) is 33.3 Å². The molecule has 0 aromatic heterocycles. The summed E-state index contributed by atoms with van der Waals surface area (Å²) in [5.74, 6) is 0.325. The largest absolute Gasteiger partial charge is 0.356 e. The molecule has 2 N–H and O–H groups in total. The first kappa shape index (κ1) is 15.8. The number of halogens is 2. The lowest BCUT2D eigenvalue weighted by molar-refractivity contribution is -0.126. The third kappa shape index (κ3) is 4.47. The van der Waals surface area contributed by atoms with E-state index in [1.807, 2.05) is 18.2 Å². The van der Waals surface area contributed by atoms with Crippen molar-refractivity contribution in [1.82, 2.24) is 10.6 Å². The highest BCUT2D eigenvalue weighted by Crippen LogP contribution is 2.21. The summed E-state index contributed by atoms with van der Waals surface area (Å²) in [5, 5.41) is 7.12. The number of piperidine rings is 1. The van der Waals surface area contributed by atoms with Gasteiger partial charge in [0, 0.05) is 28.0 Å². The summed E-state index contributed by atoms with van der Waals surface area (Å²) < 4.78 is 1.03. The normalized spacial score (nSPS) is 22.6. The highest BCUT2D eigenvalue weighted by atomic mass is 79.9. The summed E-state index contributed by atoms with van der Waals surface area (Å²) in [7, 11) is 0. The van der Waals surface area contributed by atoms with Gasteiger partial charge in [-0.3, -0.25) is 4.79 Å². The molecule has 0 bridgehead atoms. The van der Waals surface area contributed by atoms with Gasteiger partial charge in [-0.15, -0.1) is 0 Å². The zero-order valence-corrected chi connectivity index (χ0v) is 13.9. The molecule has 1 aromatic rings. The minimum absolute atomic E-state index is 0.147. The van der Waals surface area contributed by atoms with Crippen LogP contribution in [-0.2, 0) is 11.2 Å². The maximum absolute atomic E-state index is 12.1. The molecule has 20 heavy (non-hydrogen) atoms. The highest BCUT2D eigenvalue weighted by Gasteiger charge is 2.24. The van der Waals surface area contributed by atoms with Crippen LogP contribution in [0, 0.1) is 5.92 Å². The molecule has 2 rings (SSSR count). The van der Waals surface area contributed by atoms with E-state index in [0.717, 1.165) is 40.9 Å². The van der Waals surface area contributed by atoms with Gasteiger partial charge in [-0.1, -0.05) is 27.5 Å². The average molecular weight is 360 g/mol. The summed E-state index contributed by atoms with van der Waals surface area (Å²) in [6.07, 6.45) is 2.64. The van der Waals surface area contributed by atoms with E-state index in [2.05, 4.69) is 33.5 Å². The average Bonchev–Trinajstić information content (AvgIpc) is 2.42. The van der Waals surface area contributed by atoms with Crippen molar-refractivity contribution in [1.29, 1.82) is 0 Å². The Morgan fingerprint density at radius 1 is 1.55 bits per heavy atom. The molecule has 1 amide bonds. The molecular weight excluding hydrogens is 340 g/mol. The van der Waals surface area contributed by atoms with Crippen molar-refractivity contribution < 1.29 is 4.79 Å². The number of hydrogen-bond donors (Lipinski definition) is 2. The lowest BCUT2D eigenvalue weighted by Gasteiger charge is -2.27. The van der Waals surface area contributed by atoms with Crippen LogP contribution in [0.4, 0.5) is 0 Å². The summed E-state index contributed by atoms with van der Waals surface area (Å²) >= 11 is 9.48. The van der Waals surface area contributed by atoms with Crippen LogP contribution in [0.5, 0.6) is 0 Å². The summed E-state index contributed by atoms with van der Waals surface area (Å²) in [6, 6.07) is 6.16. The molecular formula is C15H20BrClN2O. The highest BCUT2D eigenvalue weighted by molar-refractivity contribution is 9.10. The minimum Gasteiger partial charge on any atom is -0.356 e. The maximum atomic E-state index is 12.1. The van der Waals surface area contributed by atoms with Crippen molar-refractivity contribution in [3.63, 3.8) is 0 Å². The van der Waals surface area contributed by atoms with Crippen LogP contribution in [0.2, 0.25) is 5.02 Å². The van der Waals surface area contributed by atoms with Gasteiger partial charge in [0.1, 0.15) is 0 Å². The molecule has 3 nitrogen and oxygen atoms in total. The molecule has 5 heteroatoms. The standard InChI is InChI=1S/C15H20BrClN2O/c1-10-8-12(5-6-18-10)15(20)19-7-4-11-9-13(17)2-3-14(11)16/h2-3,9-10,12,18H,4-8H2,1H3,(H,19,20)/t10-,12-/m0/s1. The van der Waals surface area contributed by atoms with Gasteiger partial charge >= 0.3 is 0 Å². The summed E-state index contributed by atoms with van der Waals surface area (Å²) in [5.41, 5.74) is 1.12. The smallest absolute Gasteiger partial charge is 0.223 e. The van der Waals surface area contributed by atoms with Gasteiger partial charge in [0.05, 0.1) is 0 Å². The zero-order chi connectivity index (χ0) is 14.5. The molecule has 0 unspecified atom stereocenters. The van der Waals surface area contributed by atoms with Crippen LogP contribution in [0.3, 0.4) is 0 Å². The Labute approximate surface area is 133 Å². The van der Waals surface area contributed by atoms with Crippen LogP contribution in [0.15, 0.2) is 22.7 Å². The molecule has 2 atom stereocenters. The molecule has 0 radical (unpaired) electrons. The van der Waals surface area contributed by atoms with Gasteiger partial charge in [0.2, 0.25) is 5.91 Å². The van der Waals surface area contributed by atoms with E-state index < -0.39 is 0 Å². The molecule has 0 saturated carbocycles. The predicted molar refractivity (Wildman–Crippen MR) is 86.1 cm³/mol. The van der Waals surface area contributed by atoms with Crippen LogP contribution in [-0.4, -0.2) is 25.0 Å². The fourth-order valence-corrected chi connectivity index (χ4v) is 3.21. The third-order valence-corrected chi connectivity index (χ3v) is 4.70. The number of carbonyl (C=O) groups is 1. The van der Waals surface area contributed by atoms with Gasteiger partial charge in [0.25, 0.3) is 0 Å². The maximum Gasteiger partial charge on any atom is 0.223 e. The topological polar surface area (TPSA) is 41.1 Å². The van der Waals surface area contributed by atoms with Crippen molar-refractivity contribution in [2.75, 3.05) is 13.1 Å². The SMILES string of the molecule is C[C@H]1C[C@@H](C(=O)NCCc2cc(Cl)ccc2Br)CCN1. The van der Waals surface area contributed by atoms with E-state index in [1.165, 1.54) is 0 Å². The fraction of sp³-hybridized carbons (Fsp3) is 0.533. The Hall–Kier alpha value is -0.580. The van der Waals surface area contributed by atoms with Gasteiger partial charge in [-0.25, -0.2) is 0 Å². The van der Waals surface area contributed by atoms with Crippen LogP contribution in [0.1, 0.15) is 25.3 Å². The van der Waals surface area contributed by atoms with Crippen molar-refractivity contribution in [2.24, 2.45) is 5.92 Å². The Bertz CT molecular complexity index is 481. The van der Waals surface area contributed by atoms with E-state index in [1.54, 1.807) is 0 Å². The summed E-state index contributed by atoms with van der Waals surface area (Å²) in [4.78, 5) is 12.1. The van der Waals surface area contributed by atoms with E-state index in [9.17, 15) is 4.79 Å². The van der Waals surface area contributed by atoms with E-state index in [0.29, 0.717) is 12.6 Å². The number of nitrogens with one attached hydrogen (secondary N) is 2. The van der Waals surface area contributed by atoms with Gasteiger partial charge in [0.15, 0.2) is 0 Å². The number of carbonyl (C=O) groups excluding carboxylic acids is 1. The molecule has 1 fully saturated rings. The van der Waals surface area contributed by atoms with Crippen LogP contribution < -0.4 is 10.6 Å². The Kier molecular flexibility index (Phi) is 5.87. The zero-order valence-electron chi connectivity index (χ0n) is 11.6. The molecule has 1 aromatic carbocycles. The number of rotatable bonds is 4. The second kappa shape index (κ2) is 7.43. The first-order valence-corrected chi connectivity index (χ1v) is 8.18. The molecule has 110 valence electrons. The third-order valence-electron chi connectivity index (χ3n) is 3.70. The lowest BCUT2D eigenvalue weighted by atomic mass is 9.92. The fourth-order valence-electron chi connectivity index (χ4n) is 2.57. The first-order valence-electron chi connectivity index (χ1n) is 7.01. The van der Waals surface area contributed by atoms with Gasteiger partial charge < -0.3 is 10.6 Å². The number of amides is 1. The molecule has 0 aliphatic carbocycles. The lowest BCUT2D eigenvalue weighted by Crippen LogP contribution is -2.42. The van der Waals surface area contributed by atoms with Crippen LogP contribution in [0.25, 0.3) is 0 Å². The molecule has 1 aliphatic rings. The van der Waals surface area contributed by atoms with Crippen LogP contribution >= 0.6 is 27.5 Å². The first-order chi connectivity index (χ1) is 9.56. The number of hydrogen-bond acceptors (Lipinski definition) is 2. The van der Waals surface area contributed by atoms with Crippen molar-refractivity contribution in [2.45, 2.75) is 32.2 Å². The monoisotopic (exact) mass is 358 g/mol.